The smallest absolute Gasteiger partial charge is 0.123 e. The van der Waals surface area contributed by atoms with Crippen molar-refractivity contribution in [3.8, 4) is 0 Å². The Morgan fingerprint density at radius 3 is 2.47 bits per heavy atom. The average molecular weight is 250 g/mol. The third kappa shape index (κ3) is 3.65. The molecule has 0 bridgehead atoms. The van der Waals surface area contributed by atoms with Crippen LogP contribution in [0.2, 0.25) is 0 Å². The van der Waals surface area contributed by atoms with E-state index in [0.29, 0.717) is 0 Å². The highest BCUT2D eigenvalue weighted by Gasteiger charge is 2.10. The van der Waals surface area contributed by atoms with Gasteiger partial charge in [-0.2, -0.15) is 0 Å². The number of hydrogen-bond donors (Lipinski definition) is 1. The van der Waals surface area contributed by atoms with Gasteiger partial charge in [0.05, 0.1) is 0 Å². The zero-order valence-electron chi connectivity index (χ0n) is 9.47. The number of thiophene rings is 1. The van der Waals surface area contributed by atoms with Gasteiger partial charge in [-0.15, -0.1) is 11.3 Å². The summed E-state index contributed by atoms with van der Waals surface area (Å²) in [5, 5.41) is 11.4. The van der Waals surface area contributed by atoms with Gasteiger partial charge in [0.25, 0.3) is 0 Å². The summed E-state index contributed by atoms with van der Waals surface area (Å²) in [6.07, 6.45) is 1.67. The van der Waals surface area contributed by atoms with Gasteiger partial charge in [-0.05, 0) is 47.9 Å². The first kappa shape index (κ1) is 12.3. The summed E-state index contributed by atoms with van der Waals surface area (Å²) in [4.78, 5) is 1.28. The van der Waals surface area contributed by atoms with E-state index >= 15 is 0 Å². The van der Waals surface area contributed by atoms with Crippen LogP contribution >= 0.6 is 11.3 Å². The molecule has 17 heavy (non-hydrogen) atoms. The van der Waals surface area contributed by atoms with Gasteiger partial charge in [0.2, 0.25) is 0 Å². The molecule has 0 saturated heterocycles. The highest BCUT2D eigenvalue weighted by molar-refractivity contribution is 7.09. The van der Waals surface area contributed by atoms with Crippen LogP contribution in [0.4, 0.5) is 4.39 Å². The van der Waals surface area contributed by atoms with Crippen LogP contribution < -0.4 is 0 Å². The summed E-state index contributed by atoms with van der Waals surface area (Å²) in [5.74, 6) is -0.00772. The van der Waals surface area contributed by atoms with E-state index in [0.717, 1.165) is 18.4 Å². The molecule has 1 N–H and O–H groups in total. The molecule has 0 aliphatic carbocycles. The molecule has 1 atom stereocenters. The first-order valence-corrected chi connectivity index (χ1v) is 6.53. The molecule has 0 saturated carbocycles. The Hall–Kier alpha value is -1.19. The maximum atomic E-state index is 12.8. The van der Waals surface area contributed by atoms with Crippen LogP contribution in [-0.4, -0.2) is 11.7 Å². The SMILES string of the molecule is OCC(Cc1ccc(F)cc1)Cc1cccs1. The molecule has 0 amide bonds. The quantitative estimate of drug-likeness (QED) is 0.863. The van der Waals surface area contributed by atoms with E-state index in [9.17, 15) is 9.50 Å². The normalized spacial score (nSPS) is 12.6. The topological polar surface area (TPSA) is 20.2 Å². The minimum absolute atomic E-state index is 0.162. The van der Waals surface area contributed by atoms with Crippen molar-refractivity contribution in [3.63, 3.8) is 0 Å². The highest BCUT2D eigenvalue weighted by atomic mass is 32.1. The van der Waals surface area contributed by atoms with Crippen molar-refractivity contribution in [2.24, 2.45) is 5.92 Å². The van der Waals surface area contributed by atoms with E-state index in [-0.39, 0.29) is 18.3 Å². The molecule has 3 heteroatoms. The second kappa shape index (κ2) is 5.94. The first-order chi connectivity index (χ1) is 8.28. The monoisotopic (exact) mass is 250 g/mol. The van der Waals surface area contributed by atoms with Gasteiger partial charge in [0, 0.05) is 11.5 Å². The van der Waals surface area contributed by atoms with Crippen molar-refractivity contribution in [1.29, 1.82) is 0 Å². The Bertz CT molecular complexity index is 436. The third-order valence-electron chi connectivity index (χ3n) is 2.77. The standard InChI is InChI=1S/C14H15FOS/c15-13-5-3-11(4-6-13)8-12(10-16)9-14-2-1-7-17-14/h1-7,12,16H,8-10H2. The highest BCUT2D eigenvalue weighted by Crippen LogP contribution is 2.18. The Balaban J connectivity index is 1.97. The Kier molecular flexibility index (Phi) is 4.29. The summed E-state index contributed by atoms with van der Waals surface area (Å²) < 4.78 is 12.8. The predicted octanol–water partition coefficient (Wildman–Crippen LogP) is 3.28. The van der Waals surface area contributed by atoms with Crippen LogP contribution in [0.3, 0.4) is 0 Å². The average Bonchev–Trinajstić information content (AvgIpc) is 2.84. The summed E-state index contributed by atoms with van der Waals surface area (Å²) >= 11 is 1.71. The van der Waals surface area contributed by atoms with Gasteiger partial charge >= 0.3 is 0 Å². The van der Waals surface area contributed by atoms with Gasteiger partial charge in [-0.3, -0.25) is 0 Å². The largest absolute Gasteiger partial charge is 0.396 e. The van der Waals surface area contributed by atoms with Crippen molar-refractivity contribution in [2.75, 3.05) is 6.61 Å². The number of halogens is 1. The molecular formula is C14H15FOS. The fourth-order valence-corrected chi connectivity index (χ4v) is 2.69. The minimum Gasteiger partial charge on any atom is -0.396 e. The van der Waals surface area contributed by atoms with E-state index in [2.05, 4.69) is 6.07 Å². The molecule has 90 valence electrons. The third-order valence-corrected chi connectivity index (χ3v) is 3.66. The number of aliphatic hydroxyl groups excluding tert-OH is 1. The second-order valence-corrected chi connectivity index (χ2v) is 5.19. The lowest BCUT2D eigenvalue weighted by atomic mass is 9.96. The fourth-order valence-electron chi connectivity index (χ4n) is 1.87. The fraction of sp³-hybridized carbons (Fsp3) is 0.286. The molecular weight excluding hydrogens is 235 g/mol. The number of rotatable bonds is 5. The minimum atomic E-state index is -0.215. The maximum Gasteiger partial charge on any atom is 0.123 e. The molecule has 2 rings (SSSR count). The van der Waals surface area contributed by atoms with Crippen LogP contribution in [0, 0.1) is 11.7 Å². The van der Waals surface area contributed by atoms with Gasteiger partial charge in [0.1, 0.15) is 5.82 Å². The molecule has 1 nitrogen and oxygen atoms in total. The van der Waals surface area contributed by atoms with E-state index in [1.54, 1.807) is 23.5 Å². The van der Waals surface area contributed by atoms with Crippen molar-refractivity contribution < 1.29 is 9.50 Å². The second-order valence-electron chi connectivity index (χ2n) is 4.16. The van der Waals surface area contributed by atoms with Crippen molar-refractivity contribution >= 4 is 11.3 Å². The molecule has 0 spiro atoms. The van der Waals surface area contributed by atoms with Gasteiger partial charge in [-0.25, -0.2) is 4.39 Å². The maximum absolute atomic E-state index is 12.8. The lowest BCUT2D eigenvalue weighted by Gasteiger charge is -2.13. The predicted molar refractivity (Wildman–Crippen MR) is 68.7 cm³/mol. The molecule has 1 aromatic heterocycles. The van der Waals surface area contributed by atoms with Crippen LogP contribution in [0.15, 0.2) is 41.8 Å². The van der Waals surface area contributed by atoms with Crippen molar-refractivity contribution in [1.82, 2.24) is 0 Å². The Labute approximate surface area is 105 Å². The summed E-state index contributed by atoms with van der Waals surface area (Å²) in [6, 6.07) is 10.6. The number of hydrogen-bond acceptors (Lipinski definition) is 2. The van der Waals surface area contributed by atoms with E-state index in [1.165, 1.54) is 17.0 Å². The van der Waals surface area contributed by atoms with Crippen molar-refractivity contribution in [2.45, 2.75) is 12.8 Å². The van der Waals surface area contributed by atoms with Crippen LogP contribution in [0.5, 0.6) is 0 Å². The molecule has 0 aliphatic rings. The van der Waals surface area contributed by atoms with Gasteiger partial charge < -0.3 is 5.11 Å². The first-order valence-electron chi connectivity index (χ1n) is 5.65. The zero-order valence-corrected chi connectivity index (χ0v) is 10.3. The molecule has 0 aliphatic heterocycles. The molecule has 1 heterocycles. The Morgan fingerprint density at radius 2 is 1.88 bits per heavy atom. The lowest BCUT2D eigenvalue weighted by Crippen LogP contribution is -2.12. The van der Waals surface area contributed by atoms with E-state index < -0.39 is 0 Å². The number of benzene rings is 1. The summed E-state index contributed by atoms with van der Waals surface area (Å²) in [6.45, 7) is 0.162. The molecule has 2 aromatic rings. The van der Waals surface area contributed by atoms with Crippen LogP contribution in [-0.2, 0) is 12.8 Å². The van der Waals surface area contributed by atoms with Gasteiger partial charge in [-0.1, -0.05) is 18.2 Å². The van der Waals surface area contributed by atoms with Crippen molar-refractivity contribution in [3.05, 3.63) is 58.0 Å². The summed E-state index contributed by atoms with van der Waals surface area (Å²) in [5.41, 5.74) is 1.07. The molecule has 1 aromatic carbocycles. The van der Waals surface area contributed by atoms with Gasteiger partial charge in [0.15, 0.2) is 0 Å². The Morgan fingerprint density at radius 1 is 1.12 bits per heavy atom. The molecule has 1 unspecified atom stereocenters. The van der Waals surface area contributed by atoms with E-state index in [1.807, 2.05) is 11.4 Å². The molecule has 0 radical (unpaired) electrons. The zero-order chi connectivity index (χ0) is 12.1. The summed E-state index contributed by atoms with van der Waals surface area (Å²) in [7, 11) is 0. The number of aliphatic hydroxyl groups is 1. The van der Waals surface area contributed by atoms with Crippen LogP contribution in [0.1, 0.15) is 10.4 Å². The van der Waals surface area contributed by atoms with Crippen LogP contribution in [0.25, 0.3) is 0 Å². The molecule has 0 fully saturated rings. The van der Waals surface area contributed by atoms with E-state index in [4.69, 9.17) is 0 Å². The lowest BCUT2D eigenvalue weighted by molar-refractivity contribution is 0.225.